The maximum Gasteiger partial charge on any atom is 0.313 e. The van der Waals surface area contributed by atoms with Gasteiger partial charge in [0.05, 0.1) is 24.9 Å². The van der Waals surface area contributed by atoms with Gasteiger partial charge in [-0.2, -0.15) is 0 Å². The summed E-state index contributed by atoms with van der Waals surface area (Å²) in [6.45, 7) is 6.54. The molecule has 4 nitrogen and oxygen atoms in total. The van der Waals surface area contributed by atoms with Gasteiger partial charge in [-0.15, -0.1) is 6.58 Å². The molecule has 1 fully saturated rings. The molecule has 1 saturated heterocycles. The van der Waals surface area contributed by atoms with Crippen LogP contribution in [0.15, 0.2) is 24.8 Å². The van der Waals surface area contributed by atoms with E-state index in [1.165, 1.54) is 0 Å². The predicted molar refractivity (Wildman–Crippen MR) is 59.9 cm³/mol. The van der Waals surface area contributed by atoms with Crippen molar-refractivity contribution in [2.24, 2.45) is 5.92 Å². The molecule has 0 unspecified atom stereocenters. The van der Waals surface area contributed by atoms with Gasteiger partial charge in [-0.25, -0.2) is 0 Å². The van der Waals surface area contributed by atoms with E-state index >= 15 is 0 Å². The zero-order valence-corrected chi connectivity index (χ0v) is 9.39. The topological polar surface area (TPSA) is 47.6 Å². The molecule has 2 heterocycles. The summed E-state index contributed by atoms with van der Waals surface area (Å²) >= 11 is 0. The Kier molecular flexibility index (Phi) is 3.41. The first-order valence-corrected chi connectivity index (χ1v) is 5.62. The zero-order chi connectivity index (χ0) is 11.5. The highest BCUT2D eigenvalue weighted by molar-refractivity contribution is 5.75. The Morgan fingerprint density at radius 3 is 3.00 bits per heavy atom. The van der Waals surface area contributed by atoms with Crippen LogP contribution < -0.4 is 5.32 Å². The van der Waals surface area contributed by atoms with Gasteiger partial charge in [0, 0.05) is 6.54 Å². The van der Waals surface area contributed by atoms with Gasteiger partial charge in [0.15, 0.2) is 0 Å². The lowest BCUT2D eigenvalue weighted by atomic mass is 9.89. The first kappa shape index (κ1) is 11.4. The summed E-state index contributed by atoms with van der Waals surface area (Å²) in [6, 6.07) is 0.00653. The molecule has 0 aliphatic carbocycles. The van der Waals surface area contributed by atoms with Crippen LogP contribution in [0.4, 0.5) is 0 Å². The van der Waals surface area contributed by atoms with E-state index in [0.29, 0.717) is 13.2 Å². The highest BCUT2D eigenvalue weighted by Crippen LogP contribution is 2.34. The Hall–Kier alpha value is -1.13. The summed E-state index contributed by atoms with van der Waals surface area (Å²) in [5, 5.41) is 3.26. The second kappa shape index (κ2) is 4.80. The molecule has 4 atom stereocenters. The summed E-state index contributed by atoms with van der Waals surface area (Å²) in [7, 11) is 0. The largest absolute Gasteiger partial charge is 0.466 e. The lowest BCUT2D eigenvalue weighted by Gasteiger charge is -2.23. The average Bonchev–Trinajstić information content (AvgIpc) is 2.86. The van der Waals surface area contributed by atoms with Crippen LogP contribution in [0.3, 0.4) is 0 Å². The average molecular weight is 223 g/mol. The van der Waals surface area contributed by atoms with Crippen molar-refractivity contribution < 1.29 is 14.3 Å². The number of carbonyl (C=O) groups is 1. The Bertz CT molecular complexity index is 313. The van der Waals surface area contributed by atoms with Crippen molar-refractivity contribution in [1.29, 1.82) is 0 Å². The molecular formula is C12H17NO3. The van der Waals surface area contributed by atoms with E-state index in [2.05, 4.69) is 11.9 Å². The summed E-state index contributed by atoms with van der Waals surface area (Å²) in [4.78, 5) is 11.8. The van der Waals surface area contributed by atoms with E-state index in [1.807, 2.05) is 19.1 Å². The fourth-order valence-electron chi connectivity index (χ4n) is 2.29. The van der Waals surface area contributed by atoms with Crippen molar-refractivity contribution in [3.8, 4) is 0 Å². The Morgan fingerprint density at radius 2 is 2.31 bits per heavy atom. The lowest BCUT2D eigenvalue weighted by molar-refractivity contribution is -0.149. The molecule has 0 spiro atoms. The van der Waals surface area contributed by atoms with Crippen LogP contribution in [0.2, 0.25) is 0 Å². The van der Waals surface area contributed by atoms with Crippen LogP contribution in [-0.4, -0.2) is 37.4 Å². The molecular weight excluding hydrogens is 206 g/mol. The highest BCUT2D eigenvalue weighted by atomic mass is 16.5. The van der Waals surface area contributed by atoms with Gasteiger partial charge in [0.25, 0.3) is 0 Å². The van der Waals surface area contributed by atoms with Gasteiger partial charge in [0.1, 0.15) is 5.92 Å². The predicted octanol–water partition coefficient (Wildman–Crippen LogP) is 0.647. The molecule has 0 aromatic carbocycles. The van der Waals surface area contributed by atoms with Crippen LogP contribution in [0.5, 0.6) is 0 Å². The van der Waals surface area contributed by atoms with E-state index in [0.717, 1.165) is 0 Å². The Balaban J connectivity index is 2.05. The SMILES string of the molecule is C=CCN[C@H]1[C@H](C(=O)OCC)[C@H]2C=C[C@@H]1O2. The number of hydrogen-bond donors (Lipinski definition) is 1. The first-order chi connectivity index (χ1) is 7.77. The van der Waals surface area contributed by atoms with E-state index in [-0.39, 0.29) is 30.1 Å². The Morgan fingerprint density at radius 1 is 1.56 bits per heavy atom. The third kappa shape index (κ3) is 1.90. The molecule has 2 bridgehead atoms. The number of ether oxygens (including phenoxy) is 2. The maximum atomic E-state index is 11.8. The number of hydrogen-bond acceptors (Lipinski definition) is 4. The minimum Gasteiger partial charge on any atom is -0.466 e. The fourth-order valence-corrected chi connectivity index (χ4v) is 2.29. The van der Waals surface area contributed by atoms with Gasteiger partial charge >= 0.3 is 5.97 Å². The van der Waals surface area contributed by atoms with E-state index in [9.17, 15) is 4.79 Å². The molecule has 0 amide bonds. The molecule has 1 N–H and O–H groups in total. The lowest BCUT2D eigenvalue weighted by Crippen LogP contribution is -2.46. The standard InChI is InChI=1S/C12H17NO3/c1-3-7-13-11-9-6-5-8(16-9)10(11)12(14)15-4-2/h3,5-6,8-11,13H,1,4,7H2,2H3/t8-,9+,10-,11-/m1/s1. The van der Waals surface area contributed by atoms with Gasteiger partial charge in [-0.3, -0.25) is 4.79 Å². The molecule has 2 rings (SSSR count). The zero-order valence-electron chi connectivity index (χ0n) is 9.39. The molecule has 16 heavy (non-hydrogen) atoms. The van der Waals surface area contributed by atoms with Crippen molar-refractivity contribution in [3.63, 3.8) is 0 Å². The van der Waals surface area contributed by atoms with Crippen LogP contribution in [0.1, 0.15) is 6.92 Å². The van der Waals surface area contributed by atoms with Gasteiger partial charge in [-0.1, -0.05) is 18.2 Å². The third-order valence-corrected chi connectivity index (χ3v) is 2.96. The quantitative estimate of drug-likeness (QED) is 0.549. The molecule has 4 heteroatoms. The molecule has 0 aromatic rings. The normalized spacial score (nSPS) is 35.3. The van der Waals surface area contributed by atoms with E-state index in [4.69, 9.17) is 9.47 Å². The van der Waals surface area contributed by atoms with Gasteiger partial charge in [0.2, 0.25) is 0 Å². The molecule has 0 radical (unpaired) electrons. The van der Waals surface area contributed by atoms with Crippen molar-refractivity contribution in [1.82, 2.24) is 5.32 Å². The molecule has 0 aromatic heterocycles. The summed E-state index contributed by atoms with van der Waals surface area (Å²) in [6.07, 6.45) is 5.57. The van der Waals surface area contributed by atoms with Crippen LogP contribution >= 0.6 is 0 Å². The van der Waals surface area contributed by atoms with E-state index < -0.39 is 0 Å². The van der Waals surface area contributed by atoms with Crippen molar-refractivity contribution in [3.05, 3.63) is 24.8 Å². The number of fused-ring (bicyclic) bond motifs is 2. The smallest absolute Gasteiger partial charge is 0.313 e. The monoisotopic (exact) mass is 223 g/mol. The van der Waals surface area contributed by atoms with Crippen LogP contribution in [0, 0.1) is 5.92 Å². The second-order valence-corrected chi connectivity index (χ2v) is 3.95. The fraction of sp³-hybridized carbons (Fsp3) is 0.583. The third-order valence-electron chi connectivity index (χ3n) is 2.96. The molecule has 2 aliphatic heterocycles. The number of carbonyl (C=O) groups excluding carboxylic acids is 1. The summed E-state index contributed by atoms with van der Waals surface area (Å²) in [5.41, 5.74) is 0. The van der Waals surface area contributed by atoms with Crippen LogP contribution in [0.25, 0.3) is 0 Å². The minimum atomic E-state index is -0.227. The molecule has 88 valence electrons. The summed E-state index contributed by atoms with van der Waals surface area (Å²) in [5.74, 6) is -0.407. The number of esters is 1. The van der Waals surface area contributed by atoms with Gasteiger partial charge < -0.3 is 14.8 Å². The molecule has 0 saturated carbocycles. The highest BCUT2D eigenvalue weighted by Gasteiger charge is 2.49. The van der Waals surface area contributed by atoms with E-state index in [1.54, 1.807) is 6.08 Å². The Labute approximate surface area is 95.3 Å². The van der Waals surface area contributed by atoms with Gasteiger partial charge in [-0.05, 0) is 6.92 Å². The summed E-state index contributed by atoms with van der Waals surface area (Å²) < 4.78 is 10.7. The van der Waals surface area contributed by atoms with Crippen molar-refractivity contribution >= 4 is 5.97 Å². The van der Waals surface area contributed by atoms with Crippen molar-refractivity contribution in [2.45, 2.75) is 25.2 Å². The van der Waals surface area contributed by atoms with Crippen molar-refractivity contribution in [2.75, 3.05) is 13.2 Å². The molecule has 2 aliphatic rings. The number of rotatable bonds is 5. The number of nitrogens with one attached hydrogen (secondary N) is 1. The maximum absolute atomic E-state index is 11.8. The second-order valence-electron chi connectivity index (χ2n) is 3.95. The van der Waals surface area contributed by atoms with Crippen LogP contribution in [-0.2, 0) is 14.3 Å². The first-order valence-electron chi connectivity index (χ1n) is 5.62. The minimum absolute atomic E-state index is 0.00653.